The first kappa shape index (κ1) is 21.3. The molecule has 1 saturated heterocycles. The summed E-state index contributed by atoms with van der Waals surface area (Å²) >= 11 is 0. The number of nitrogens with zero attached hydrogens (tertiary/aromatic N) is 4. The average Bonchev–Trinajstić information content (AvgIpc) is 3.12. The fourth-order valence-electron chi connectivity index (χ4n) is 3.04. The van der Waals surface area contributed by atoms with Gasteiger partial charge in [-0.25, -0.2) is 0 Å². The van der Waals surface area contributed by atoms with E-state index in [1.165, 1.54) is 12.1 Å². The minimum absolute atomic E-state index is 0.127. The van der Waals surface area contributed by atoms with Crippen LogP contribution in [0.4, 0.5) is 18.9 Å². The van der Waals surface area contributed by atoms with Crippen molar-refractivity contribution in [3.63, 3.8) is 0 Å². The van der Waals surface area contributed by atoms with Gasteiger partial charge < -0.3 is 9.84 Å². The van der Waals surface area contributed by atoms with Crippen LogP contribution >= 0.6 is 0 Å². The number of anilines is 1. The third kappa shape index (κ3) is 6.01. The first-order valence-corrected chi connectivity index (χ1v) is 9.45. The van der Waals surface area contributed by atoms with Crippen molar-refractivity contribution in [2.45, 2.75) is 32.5 Å². The summed E-state index contributed by atoms with van der Waals surface area (Å²) in [7, 11) is 0. The molecule has 0 unspecified atom stereocenters. The molecule has 1 aliphatic heterocycles. The number of carbonyl (C=O) groups excluding carboxylic acids is 1. The highest BCUT2D eigenvalue weighted by atomic mass is 19.4. The monoisotopic (exact) mass is 411 g/mol. The highest BCUT2D eigenvalue weighted by Crippen LogP contribution is 2.30. The molecule has 1 fully saturated rings. The Kier molecular flexibility index (Phi) is 6.53. The molecule has 7 nitrogen and oxygen atoms in total. The zero-order valence-corrected chi connectivity index (χ0v) is 16.4. The van der Waals surface area contributed by atoms with Gasteiger partial charge in [-0.2, -0.15) is 18.2 Å². The van der Waals surface area contributed by atoms with Crippen LogP contribution in [0.1, 0.15) is 37.0 Å². The Hall–Kier alpha value is -2.46. The first-order chi connectivity index (χ1) is 13.7. The number of hydrogen-bond donors (Lipinski definition) is 1. The second kappa shape index (κ2) is 8.91. The topological polar surface area (TPSA) is 74.5 Å². The van der Waals surface area contributed by atoms with Gasteiger partial charge >= 0.3 is 6.18 Å². The van der Waals surface area contributed by atoms with Crippen LogP contribution < -0.4 is 5.32 Å². The highest BCUT2D eigenvalue weighted by molar-refractivity contribution is 5.92. The SMILES string of the molecule is CC(C)c1noc(CN2CCN(CC(=O)Nc3cccc(C(F)(F)F)c3)CC2)n1. The summed E-state index contributed by atoms with van der Waals surface area (Å²) in [6.45, 7) is 7.48. The van der Waals surface area contributed by atoms with Gasteiger partial charge in [0.15, 0.2) is 5.82 Å². The molecule has 2 aromatic rings. The van der Waals surface area contributed by atoms with Gasteiger partial charge in [-0.15, -0.1) is 0 Å². The summed E-state index contributed by atoms with van der Waals surface area (Å²) in [5.41, 5.74) is -0.647. The maximum Gasteiger partial charge on any atom is 0.416 e. The number of piperazine rings is 1. The molecule has 3 rings (SSSR count). The molecule has 0 aliphatic carbocycles. The molecule has 10 heteroatoms. The Balaban J connectivity index is 1.45. The van der Waals surface area contributed by atoms with E-state index in [-0.39, 0.29) is 24.1 Å². The van der Waals surface area contributed by atoms with E-state index in [1.807, 2.05) is 18.7 Å². The molecule has 0 bridgehead atoms. The number of benzene rings is 1. The fourth-order valence-corrected chi connectivity index (χ4v) is 3.04. The molecule has 0 atom stereocenters. The molecule has 1 aliphatic rings. The molecule has 2 heterocycles. The summed E-state index contributed by atoms with van der Waals surface area (Å²) in [4.78, 5) is 20.7. The molecule has 29 heavy (non-hydrogen) atoms. The van der Waals surface area contributed by atoms with Gasteiger partial charge in [-0.1, -0.05) is 25.1 Å². The molecule has 0 spiro atoms. The molecule has 1 aromatic heterocycles. The van der Waals surface area contributed by atoms with E-state index in [1.54, 1.807) is 0 Å². The van der Waals surface area contributed by atoms with E-state index in [2.05, 4.69) is 20.4 Å². The number of rotatable bonds is 6. The van der Waals surface area contributed by atoms with Crippen LogP contribution in [0, 0.1) is 0 Å². The smallest absolute Gasteiger partial charge is 0.338 e. The van der Waals surface area contributed by atoms with E-state index in [9.17, 15) is 18.0 Å². The summed E-state index contributed by atoms with van der Waals surface area (Å²) in [6, 6.07) is 4.63. The van der Waals surface area contributed by atoms with Crippen LogP contribution in [0.3, 0.4) is 0 Å². The largest absolute Gasteiger partial charge is 0.416 e. The van der Waals surface area contributed by atoms with Gasteiger partial charge in [0.05, 0.1) is 18.7 Å². The summed E-state index contributed by atoms with van der Waals surface area (Å²) in [6.07, 6.45) is -4.44. The molecule has 158 valence electrons. The Morgan fingerprint density at radius 2 is 1.90 bits per heavy atom. The van der Waals surface area contributed by atoms with E-state index in [4.69, 9.17) is 4.52 Å². The summed E-state index contributed by atoms with van der Waals surface area (Å²) in [5, 5.41) is 6.49. The fraction of sp³-hybridized carbons (Fsp3) is 0.526. The zero-order valence-electron chi connectivity index (χ0n) is 16.4. The lowest BCUT2D eigenvalue weighted by atomic mass is 10.2. The van der Waals surface area contributed by atoms with Gasteiger partial charge in [0, 0.05) is 37.8 Å². The molecule has 0 radical (unpaired) electrons. The number of hydrogen-bond acceptors (Lipinski definition) is 6. The number of alkyl halides is 3. The van der Waals surface area contributed by atoms with E-state index in [0.29, 0.717) is 31.3 Å². The Labute approximate surface area is 166 Å². The van der Waals surface area contributed by atoms with Crippen LogP contribution in [0.15, 0.2) is 28.8 Å². The highest BCUT2D eigenvalue weighted by Gasteiger charge is 2.30. The molecule has 0 saturated carbocycles. The van der Waals surface area contributed by atoms with Crippen molar-refractivity contribution < 1.29 is 22.5 Å². The summed E-state index contributed by atoms with van der Waals surface area (Å²) in [5.74, 6) is 1.13. The third-order valence-corrected chi connectivity index (χ3v) is 4.66. The van der Waals surface area contributed by atoms with Gasteiger partial charge in [-0.05, 0) is 18.2 Å². The van der Waals surface area contributed by atoms with E-state index < -0.39 is 11.7 Å². The number of amides is 1. The van der Waals surface area contributed by atoms with Crippen LogP contribution in [-0.2, 0) is 17.5 Å². The standard InChI is InChI=1S/C19H24F3N5O2/c1-13(2)18-24-17(29-25-18)12-27-8-6-26(7-9-27)11-16(28)23-15-5-3-4-14(10-15)19(20,21)22/h3-5,10,13H,6-9,11-12H2,1-2H3,(H,23,28). The predicted molar refractivity (Wildman–Crippen MR) is 100 cm³/mol. The number of aromatic nitrogens is 2. The zero-order chi connectivity index (χ0) is 21.0. The van der Waals surface area contributed by atoms with Crippen molar-refractivity contribution in [1.82, 2.24) is 19.9 Å². The van der Waals surface area contributed by atoms with Gasteiger partial charge in [-0.3, -0.25) is 14.6 Å². The van der Waals surface area contributed by atoms with Gasteiger partial charge in [0.1, 0.15) is 0 Å². The van der Waals surface area contributed by atoms with Gasteiger partial charge in [0.25, 0.3) is 0 Å². The first-order valence-electron chi connectivity index (χ1n) is 9.45. The predicted octanol–water partition coefficient (Wildman–Crippen LogP) is 2.97. The van der Waals surface area contributed by atoms with Crippen molar-refractivity contribution in [3.8, 4) is 0 Å². The minimum atomic E-state index is -4.44. The maximum atomic E-state index is 12.8. The molecule has 1 aromatic carbocycles. The van der Waals surface area contributed by atoms with Crippen molar-refractivity contribution >= 4 is 11.6 Å². The van der Waals surface area contributed by atoms with Crippen molar-refractivity contribution in [2.75, 3.05) is 38.0 Å². The minimum Gasteiger partial charge on any atom is -0.338 e. The second-order valence-corrected chi connectivity index (χ2v) is 7.38. The van der Waals surface area contributed by atoms with Crippen LogP contribution in [-0.4, -0.2) is 58.6 Å². The number of nitrogens with one attached hydrogen (secondary N) is 1. The van der Waals surface area contributed by atoms with Crippen LogP contribution in [0.25, 0.3) is 0 Å². The second-order valence-electron chi connectivity index (χ2n) is 7.38. The quantitative estimate of drug-likeness (QED) is 0.788. The Morgan fingerprint density at radius 3 is 2.52 bits per heavy atom. The van der Waals surface area contributed by atoms with Crippen LogP contribution in [0.2, 0.25) is 0 Å². The van der Waals surface area contributed by atoms with E-state index in [0.717, 1.165) is 25.2 Å². The maximum absolute atomic E-state index is 12.8. The molecular weight excluding hydrogens is 387 g/mol. The molecule has 1 amide bonds. The van der Waals surface area contributed by atoms with Crippen molar-refractivity contribution in [2.24, 2.45) is 0 Å². The molecule has 1 N–H and O–H groups in total. The van der Waals surface area contributed by atoms with Crippen molar-refractivity contribution in [1.29, 1.82) is 0 Å². The average molecular weight is 411 g/mol. The Bertz CT molecular complexity index is 829. The lowest BCUT2D eigenvalue weighted by molar-refractivity contribution is -0.137. The normalized spacial score (nSPS) is 16.3. The van der Waals surface area contributed by atoms with Crippen molar-refractivity contribution in [3.05, 3.63) is 41.5 Å². The molecular formula is C19H24F3N5O2. The van der Waals surface area contributed by atoms with Gasteiger partial charge in [0.2, 0.25) is 11.8 Å². The third-order valence-electron chi connectivity index (χ3n) is 4.66. The number of carbonyl (C=O) groups is 1. The van der Waals surface area contributed by atoms with Crippen LogP contribution in [0.5, 0.6) is 0 Å². The summed E-state index contributed by atoms with van der Waals surface area (Å²) < 4.78 is 43.6. The Morgan fingerprint density at radius 1 is 1.21 bits per heavy atom. The van der Waals surface area contributed by atoms with E-state index >= 15 is 0 Å². The lowest BCUT2D eigenvalue weighted by Gasteiger charge is -2.33. The lowest BCUT2D eigenvalue weighted by Crippen LogP contribution is -2.48. The number of halogens is 3.